The molecule has 0 unspecified atom stereocenters. The zero-order valence-electron chi connectivity index (χ0n) is 26.5. The molecule has 2 N–H and O–H groups in total. The van der Waals surface area contributed by atoms with Crippen molar-refractivity contribution < 1.29 is 0 Å². The summed E-state index contributed by atoms with van der Waals surface area (Å²) in [5.41, 5.74) is 7.50. The first-order valence-corrected chi connectivity index (χ1v) is 17.3. The van der Waals surface area contributed by atoms with Gasteiger partial charge in [0.2, 0.25) is 0 Å². The van der Waals surface area contributed by atoms with E-state index in [0.717, 1.165) is 24.3 Å². The van der Waals surface area contributed by atoms with Crippen molar-refractivity contribution in [2.45, 2.75) is 196 Å². The van der Waals surface area contributed by atoms with Crippen molar-refractivity contribution in [3.05, 3.63) is 0 Å². The van der Waals surface area contributed by atoms with Crippen molar-refractivity contribution in [3.63, 3.8) is 0 Å². The van der Waals surface area contributed by atoms with Crippen LogP contribution in [-0.4, -0.2) is 6.54 Å². The molecule has 0 rings (SSSR count). The van der Waals surface area contributed by atoms with E-state index in [1.807, 2.05) is 0 Å². The summed E-state index contributed by atoms with van der Waals surface area (Å²) in [4.78, 5) is 0. The highest BCUT2D eigenvalue weighted by Crippen LogP contribution is 2.53. The lowest BCUT2D eigenvalue weighted by atomic mass is 9.53. The van der Waals surface area contributed by atoms with Crippen molar-refractivity contribution in [3.8, 4) is 0 Å². The highest BCUT2D eigenvalue weighted by molar-refractivity contribution is 4.98. The fraction of sp³-hybridized carbons (Fsp3) is 1.00. The Kier molecular flexibility index (Phi) is 25.2. The number of unbranched alkanes of at least 4 members (excludes halogenated alkanes) is 12. The molecule has 0 saturated carbocycles. The van der Waals surface area contributed by atoms with Gasteiger partial charge in [0.1, 0.15) is 0 Å². The van der Waals surface area contributed by atoms with Crippen LogP contribution in [0.1, 0.15) is 196 Å². The SMILES string of the molecule is CCCCCC(CCCCC)C(CN)(C(CCCCC)CCCCC)C(CCCCC)CCCCC. The molecule has 0 bridgehead atoms. The molecule has 0 aliphatic rings. The largest absolute Gasteiger partial charge is 0.330 e. The van der Waals surface area contributed by atoms with Crippen molar-refractivity contribution >= 4 is 0 Å². The van der Waals surface area contributed by atoms with Gasteiger partial charge in [-0.15, -0.1) is 0 Å². The summed E-state index contributed by atoms with van der Waals surface area (Å²) in [6.07, 6.45) is 33.6. The maximum atomic E-state index is 7.14. The van der Waals surface area contributed by atoms with Crippen LogP contribution in [0.4, 0.5) is 0 Å². The van der Waals surface area contributed by atoms with Crippen molar-refractivity contribution in [2.24, 2.45) is 28.9 Å². The van der Waals surface area contributed by atoms with E-state index in [9.17, 15) is 0 Å². The highest BCUT2D eigenvalue weighted by Gasteiger charge is 2.47. The van der Waals surface area contributed by atoms with E-state index in [4.69, 9.17) is 5.73 Å². The molecule has 1 nitrogen and oxygen atoms in total. The zero-order valence-corrected chi connectivity index (χ0v) is 26.5. The van der Waals surface area contributed by atoms with Crippen LogP contribution in [0.15, 0.2) is 0 Å². The van der Waals surface area contributed by atoms with Crippen LogP contribution in [0.3, 0.4) is 0 Å². The minimum atomic E-state index is 0.366. The quantitative estimate of drug-likeness (QED) is 0.105. The van der Waals surface area contributed by atoms with Gasteiger partial charge in [0.05, 0.1) is 0 Å². The lowest BCUT2D eigenvalue weighted by Crippen LogP contribution is -2.50. The Morgan fingerprint density at radius 2 is 0.556 bits per heavy atom. The Labute approximate surface area is 230 Å². The van der Waals surface area contributed by atoms with Crippen LogP contribution < -0.4 is 5.73 Å². The Balaban J connectivity index is 6.44. The van der Waals surface area contributed by atoms with E-state index in [2.05, 4.69) is 41.5 Å². The Bertz CT molecular complexity index is 341. The predicted molar refractivity (Wildman–Crippen MR) is 167 cm³/mol. The van der Waals surface area contributed by atoms with Crippen LogP contribution >= 0.6 is 0 Å². The molecule has 0 atom stereocenters. The molecule has 0 saturated heterocycles. The van der Waals surface area contributed by atoms with Crippen LogP contribution in [-0.2, 0) is 0 Å². The molecule has 36 heavy (non-hydrogen) atoms. The lowest BCUT2D eigenvalue weighted by molar-refractivity contribution is -0.0237. The molecule has 0 radical (unpaired) electrons. The van der Waals surface area contributed by atoms with Gasteiger partial charge in [0.15, 0.2) is 0 Å². The monoisotopic (exact) mass is 508 g/mol. The van der Waals surface area contributed by atoms with E-state index < -0.39 is 0 Å². The number of hydrogen-bond acceptors (Lipinski definition) is 1. The van der Waals surface area contributed by atoms with Gasteiger partial charge in [-0.3, -0.25) is 0 Å². The molecule has 218 valence electrons. The predicted octanol–water partition coefficient (Wildman–Crippen LogP) is 12.3. The van der Waals surface area contributed by atoms with Crippen LogP contribution in [0.5, 0.6) is 0 Å². The van der Waals surface area contributed by atoms with Gasteiger partial charge >= 0.3 is 0 Å². The molecule has 0 aliphatic carbocycles. The summed E-state index contributed by atoms with van der Waals surface area (Å²) < 4.78 is 0. The molecule has 0 spiro atoms. The van der Waals surface area contributed by atoms with Crippen LogP contribution in [0.25, 0.3) is 0 Å². The molecular formula is C35H73N. The summed E-state index contributed by atoms with van der Waals surface area (Å²) in [5, 5.41) is 0. The van der Waals surface area contributed by atoms with Gasteiger partial charge in [-0.1, -0.05) is 157 Å². The van der Waals surface area contributed by atoms with Crippen molar-refractivity contribution in [1.29, 1.82) is 0 Å². The standard InChI is InChI=1S/C35H73N/c1-7-13-19-25-32(26-20-14-8-2)35(31-36,33(27-21-15-9-3)28-22-16-10-4)34(29-23-17-11-5)30-24-18-12-6/h32-34H,7-31,36H2,1-6H3. The molecule has 0 aromatic carbocycles. The third-order valence-electron chi connectivity index (χ3n) is 9.57. The number of hydrogen-bond donors (Lipinski definition) is 1. The van der Waals surface area contributed by atoms with Gasteiger partial charge in [-0.25, -0.2) is 0 Å². The average Bonchev–Trinajstić information content (AvgIpc) is 2.89. The van der Waals surface area contributed by atoms with E-state index in [1.165, 1.54) is 154 Å². The molecule has 0 aromatic heterocycles. The molecule has 0 amide bonds. The fourth-order valence-electron chi connectivity index (χ4n) is 7.39. The molecule has 0 fully saturated rings. The van der Waals surface area contributed by atoms with E-state index in [1.54, 1.807) is 0 Å². The van der Waals surface area contributed by atoms with Gasteiger partial charge in [0.25, 0.3) is 0 Å². The Morgan fingerprint density at radius 3 is 0.694 bits per heavy atom. The minimum Gasteiger partial charge on any atom is -0.330 e. The maximum Gasteiger partial charge on any atom is -0.00126 e. The highest BCUT2D eigenvalue weighted by atomic mass is 14.7. The first-order chi connectivity index (χ1) is 17.6. The van der Waals surface area contributed by atoms with Gasteiger partial charge < -0.3 is 5.73 Å². The van der Waals surface area contributed by atoms with Crippen LogP contribution in [0.2, 0.25) is 0 Å². The summed E-state index contributed by atoms with van der Waals surface area (Å²) in [5.74, 6) is 2.51. The Morgan fingerprint density at radius 1 is 0.361 bits per heavy atom. The molecule has 0 aliphatic heterocycles. The summed E-state index contributed by atoms with van der Waals surface area (Å²) >= 11 is 0. The maximum absolute atomic E-state index is 7.14. The lowest BCUT2D eigenvalue weighted by Gasteiger charge is -2.52. The topological polar surface area (TPSA) is 26.0 Å². The van der Waals surface area contributed by atoms with Gasteiger partial charge in [-0.05, 0) is 68.2 Å². The number of rotatable bonds is 28. The van der Waals surface area contributed by atoms with E-state index in [-0.39, 0.29) is 0 Å². The second kappa shape index (κ2) is 25.2. The number of nitrogens with two attached hydrogens (primary N) is 1. The second-order valence-electron chi connectivity index (χ2n) is 12.4. The molecule has 0 aromatic rings. The molecule has 0 heterocycles. The minimum absolute atomic E-state index is 0.366. The van der Waals surface area contributed by atoms with Gasteiger partial charge in [-0.2, -0.15) is 0 Å². The normalized spacial score (nSPS) is 12.5. The third-order valence-corrected chi connectivity index (χ3v) is 9.57. The summed E-state index contributed by atoms with van der Waals surface area (Å²) in [6.45, 7) is 15.2. The van der Waals surface area contributed by atoms with Crippen molar-refractivity contribution in [1.82, 2.24) is 0 Å². The van der Waals surface area contributed by atoms with Crippen molar-refractivity contribution in [2.75, 3.05) is 6.54 Å². The average molecular weight is 508 g/mol. The van der Waals surface area contributed by atoms with Crippen LogP contribution in [0, 0.1) is 23.2 Å². The third kappa shape index (κ3) is 14.2. The zero-order chi connectivity index (χ0) is 26.9. The summed E-state index contributed by atoms with van der Waals surface area (Å²) in [6, 6.07) is 0. The molecular weight excluding hydrogens is 434 g/mol. The Hall–Kier alpha value is -0.0400. The van der Waals surface area contributed by atoms with E-state index in [0.29, 0.717) is 5.41 Å². The van der Waals surface area contributed by atoms with Gasteiger partial charge in [0, 0.05) is 0 Å². The fourth-order valence-corrected chi connectivity index (χ4v) is 7.39. The van der Waals surface area contributed by atoms with E-state index >= 15 is 0 Å². The second-order valence-corrected chi connectivity index (χ2v) is 12.4. The first-order valence-electron chi connectivity index (χ1n) is 17.3. The smallest absolute Gasteiger partial charge is 0.00126 e. The summed E-state index contributed by atoms with van der Waals surface area (Å²) in [7, 11) is 0. The molecule has 1 heteroatoms. The first kappa shape index (κ1) is 36.0.